The molecule has 0 spiro atoms. The number of hydrogen-bond donors (Lipinski definition) is 3. The monoisotopic (exact) mass is 412 g/mol. The number of carbonyl (C=O) groups is 2. The second-order valence-corrected chi connectivity index (χ2v) is 6.74. The zero-order chi connectivity index (χ0) is 22.0. The standard InChI is InChI=1S/C24H16N2O5/c27-20-11-10-15(23(29)17-7-3-4-8-18(17)24(30)31)13-19(20)25-26-22-16-6-2-1-5-14(16)9-12-21(22)28/h1-13,27-28H,(H,30,31). The molecule has 0 saturated carbocycles. The first kappa shape index (κ1) is 19.8. The minimum Gasteiger partial charge on any atom is -0.506 e. The van der Waals surface area contributed by atoms with Crippen LogP contribution in [0.5, 0.6) is 11.5 Å². The highest BCUT2D eigenvalue weighted by atomic mass is 16.4. The van der Waals surface area contributed by atoms with Gasteiger partial charge in [-0.25, -0.2) is 4.79 Å². The Balaban J connectivity index is 1.74. The van der Waals surface area contributed by atoms with Gasteiger partial charge in [0.1, 0.15) is 22.9 Å². The van der Waals surface area contributed by atoms with Crippen LogP contribution in [0.15, 0.2) is 89.1 Å². The van der Waals surface area contributed by atoms with E-state index in [4.69, 9.17) is 0 Å². The van der Waals surface area contributed by atoms with Crippen molar-refractivity contribution in [1.82, 2.24) is 0 Å². The van der Waals surface area contributed by atoms with Gasteiger partial charge >= 0.3 is 5.97 Å². The van der Waals surface area contributed by atoms with Gasteiger partial charge in [-0.05, 0) is 35.7 Å². The van der Waals surface area contributed by atoms with E-state index in [0.717, 1.165) is 5.39 Å². The zero-order valence-electron chi connectivity index (χ0n) is 16.1. The van der Waals surface area contributed by atoms with Gasteiger partial charge in [0.25, 0.3) is 0 Å². The van der Waals surface area contributed by atoms with Crippen LogP contribution in [0, 0.1) is 0 Å². The summed E-state index contributed by atoms with van der Waals surface area (Å²) in [7, 11) is 0. The van der Waals surface area contributed by atoms with Gasteiger partial charge < -0.3 is 15.3 Å². The number of rotatable bonds is 5. The van der Waals surface area contributed by atoms with E-state index >= 15 is 0 Å². The Morgan fingerprint density at radius 2 is 1.39 bits per heavy atom. The minimum atomic E-state index is -1.21. The molecule has 3 N–H and O–H groups in total. The summed E-state index contributed by atoms with van der Waals surface area (Å²) in [5, 5.41) is 39.4. The molecule has 0 fully saturated rings. The van der Waals surface area contributed by atoms with Gasteiger partial charge in [-0.2, -0.15) is 0 Å². The molecule has 0 aliphatic rings. The number of benzene rings is 4. The summed E-state index contributed by atoms with van der Waals surface area (Å²) in [6, 6.07) is 20.4. The number of carbonyl (C=O) groups excluding carboxylic acids is 1. The Labute approximate surface area is 176 Å². The molecule has 0 radical (unpaired) electrons. The van der Waals surface area contributed by atoms with Crippen LogP contribution in [0.1, 0.15) is 26.3 Å². The molecule has 4 aromatic rings. The highest BCUT2D eigenvalue weighted by molar-refractivity contribution is 6.14. The minimum absolute atomic E-state index is 0.00555. The van der Waals surface area contributed by atoms with E-state index < -0.39 is 11.8 Å². The number of carboxylic acids is 1. The number of azo groups is 1. The maximum absolute atomic E-state index is 12.9. The molecular weight excluding hydrogens is 396 g/mol. The van der Waals surface area contributed by atoms with Gasteiger partial charge in [0.15, 0.2) is 5.78 Å². The van der Waals surface area contributed by atoms with Crippen LogP contribution in [0.2, 0.25) is 0 Å². The van der Waals surface area contributed by atoms with Crippen LogP contribution in [-0.2, 0) is 0 Å². The molecule has 4 rings (SSSR count). The molecule has 7 heteroatoms. The van der Waals surface area contributed by atoms with E-state index in [-0.39, 0.29) is 39.6 Å². The Kier molecular flexibility index (Phi) is 5.15. The first-order chi connectivity index (χ1) is 15.0. The first-order valence-electron chi connectivity index (χ1n) is 9.28. The Bertz CT molecular complexity index is 1360. The number of hydrogen-bond acceptors (Lipinski definition) is 6. The summed E-state index contributed by atoms with van der Waals surface area (Å²) in [4.78, 5) is 24.3. The summed E-state index contributed by atoms with van der Waals surface area (Å²) in [6.45, 7) is 0. The molecule has 0 bridgehead atoms. The van der Waals surface area contributed by atoms with E-state index in [1.807, 2.05) is 12.1 Å². The number of phenolic OH excluding ortho intramolecular Hbond substituents is 2. The van der Waals surface area contributed by atoms with Crippen molar-refractivity contribution in [2.45, 2.75) is 0 Å². The lowest BCUT2D eigenvalue weighted by Crippen LogP contribution is -2.09. The summed E-state index contributed by atoms with van der Waals surface area (Å²) < 4.78 is 0. The average Bonchev–Trinajstić information content (AvgIpc) is 2.79. The summed E-state index contributed by atoms with van der Waals surface area (Å²) >= 11 is 0. The fraction of sp³-hybridized carbons (Fsp3) is 0. The van der Waals surface area contributed by atoms with Crippen LogP contribution in [0.3, 0.4) is 0 Å². The van der Waals surface area contributed by atoms with Gasteiger partial charge in [-0.15, -0.1) is 10.2 Å². The topological polar surface area (TPSA) is 120 Å². The van der Waals surface area contributed by atoms with Crippen molar-refractivity contribution >= 4 is 33.9 Å². The lowest BCUT2D eigenvalue weighted by molar-refractivity contribution is 0.0692. The van der Waals surface area contributed by atoms with E-state index in [9.17, 15) is 24.9 Å². The Hall–Kier alpha value is -4.52. The molecular formula is C24H16N2O5. The largest absolute Gasteiger partial charge is 0.506 e. The smallest absolute Gasteiger partial charge is 0.336 e. The average molecular weight is 412 g/mol. The van der Waals surface area contributed by atoms with Crippen molar-refractivity contribution in [2.24, 2.45) is 10.2 Å². The number of phenols is 2. The molecule has 0 aliphatic carbocycles. The molecule has 7 nitrogen and oxygen atoms in total. The van der Waals surface area contributed by atoms with Crippen molar-refractivity contribution in [3.8, 4) is 11.5 Å². The van der Waals surface area contributed by atoms with Crippen molar-refractivity contribution in [2.75, 3.05) is 0 Å². The zero-order valence-corrected chi connectivity index (χ0v) is 16.1. The Morgan fingerprint density at radius 1 is 0.710 bits per heavy atom. The number of fused-ring (bicyclic) bond motifs is 1. The van der Waals surface area contributed by atoms with E-state index in [1.54, 1.807) is 24.3 Å². The van der Waals surface area contributed by atoms with Crippen LogP contribution in [0.25, 0.3) is 10.8 Å². The maximum Gasteiger partial charge on any atom is 0.336 e. The third-order valence-electron chi connectivity index (χ3n) is 4.78. The van der Waals surface area contributed by atoms with Crippen LogP contribution in [-0.4, -0.2) is 27.1 Å². The molecule has 0 heterocycles. The van der Waals surface area contributed by atoms with Gasteiger partial charge in [-0.3, -0.25) is 4.79 Å². The number of aromatic carboxylic acids is 1. The molecule has 0 aromatic heterocycles. The second kappa shape index (κ2) is 8.08. The quantitative estimate of drug-likeness (QED) is 0.291. The fourth-order valence-corrected chi connectivity index (χ4v) is 3.22. The number of carboxylic acid groups (broad SMARTS) is 1. The van der Waals surface area contributed by atoms with Crippen molar-refractivity contribution < 1.29 is 24.9 Å². The lowest BCUT2D eigenvalue weighted by atomic mass is 9.98. The van der Waals surface area contributed by atoms with Gasteiger partial charge in [0, 0.05) is 16.5 Å². The van der Waals surface area contributed by atoms with Crippen LogP contribution < -0.4 is 0 Å². The predicted octanol–water partition coefficient (Wildman–Crippen LogP) is 5.60. The van der Waals surface area contributed by atoms with Crippen molar-refractivity contribution in [3.63, 3.8) is 0 Å². The summed E-state index contributed by atoms with van der Waals surface area (Å²) in [6.07, 6.45) is 0. The van der Waals surface area contributed by atoms with Gasteiger partial charge in [0.2, 0.25) is 0 Å². The normalized spacial score (nSPS) is 11.1. The maximum atomic E-state index is 12.9. The van der Waals surface area contributed by atoms with E-state index in [0.29, 0.717) is 5.39 Å². The molecule has 152 valence electrons. The highest BCUT2D eigenvalue weighted by Gasteiger charge is 2.18. The predicted molar refractivity (Wildman–Crippen MR) is 115 cm³/mol. The molecule has 31 heavy (non-hydrogen) atoms. The summed E-state index contributed by atoms with van der Waals surface area (Å²) in [5.74, 6) is -2.03. The first-order valence-corrected chi connectivity index (χ1v) is 9.28. The van der Waals surface area contributed by atoms with Crippen LogP contribution >= 0.6 is 0 Å². The van der Waals surface area contributed by atoms with E-state index in [2.05, 4.69) is 10.2 Å². The molecule has 0 aliphatic heterocycles. The fourth-order valence-electron chi connectivity index (χ4n) is 3.22. The molecule has 0 amide bonds. The highest BCUT2D eigenvalue weighted by Crippen LogP contribution is 2.37. The second-order valence-electron chi connectivity index (χ2n) is 6.74. The summed E-state index contributed by atoms with van der Waals surface area (Å²) in [5.41, 5.74) is 0.277. The number of ketones is 1. The molecule has 4 aromatic carbocycles. The third kappa shape index (κ3) is 3.84. The molecule has 0 saturated heterocycles. The molecule has 0 atom stereocenters. The number of nitrogens with zero attached hydrogens (tertiary/aromatic N) is 2. The molecule has 0 unspecified atom stereocenters. The third-order valence-corrected chi connectivity index (χ3v) is 4.78. The lowest BCUT2D eigenvalue weighted by Gasteiger charge is -2.07. The van der Waals surface area contributed by atoms with Crippen molar-refractivity contribution in [1.29, 1.82) is 0 Å². The number of aromatic hydroxyl groups is 2. The van der Waals surface area contributed by atoms with Gasteiger partial charge in [-0.1, -0.05) is 48.5 Å². The SMILES string of the molecule is O=C(O)c1ccccc1C(=O)c1ccc(O)c(N=Nc2c(O)ccc3ccccc23)c1. The van der Waals surface area contributed by atoms with Crippen molar-refractivity contribution in [3.05, 3.63) is 95.6 Å². The Morgan fingerprint density at radius 3 is 2.16 bits per heavy atom. The van der Waals surface area contributed by atoms with E-state index in [1.165, 1.54) is 42.5 Å². The van der Waals surface area contributed by atoms with Crippen LogP contribution in [0.4, 0.5) is 11.4 Å². The van der Waals surface area contributed by atoms with Gasteiger partial charge in [0.05, 0.1) is 5.56 Å².